The van der Waals surface area contributed by atoms with Crippen LogP contribution in [0.1, 0.15) is 41.0 Å². The van der Waals surface area contributed by atoms with E-state index in [2.05, 4.69) is 29.2 Å². The van der Waals surface area contributed by atoms with E-state index in [1.807, 2.05) is 76.1 Å². The highest BCUT2D eigenvalue weighted by Gasteiger charge is 2.29. The summed E-state index contributed by atoms with van der Waals surface area (Å²) in [5, 5.41) is 0. The van der Waals surface area contributed by atoms with Gasteiger partial charge in [-0.05, 0) is 72.0 Å². The van der Waals surface area contributed by atoms with E-state index in [1.165, 1.54) is 3.57 Å². The summed E-state index contributed by atoms with van der Waals surface area (Å²) in [5.41, 5.74) is 2.87. The topological polar surface area (TPSA) is 20.3 Å². The lowest BCUT2D eigenvalue weighted by atomic mass is 9.95. The number of amides is 1. The van der Waals surface area contributed by atoms with Gasteiger partial charge >= 0.3 is 0 Å². The van der Waals surface area contributed by atoms with Crippen molar-refractivity contribution in [3.63, 3.8) is 0 Å². The molecule has 138 valence electrons. The summed E-state index contributed by atoms with van der Waals surface area (Å²) in [5.74, 6) is 0.0693. The van der Waals surface area contributed by atoms with Crippen molar-refractivity contribution in [1.29, 1.82) is 0 Å². The van der Waals surface area contributed by atoms with Crippen LogP contribution in [0.25, 0.3) is 0 Å². The number of benzene rings is 1. The molecule has 0 radical (unpaired) electrons. The zero-order valence-electron chi connectivity index (χ0n) is 16.2. The molecule has 4 heteroatoms. The minimum Gasteiger partial charge on any atom is -0.308 e. The van der Waals surface area contributed by atoms with Gasteiger partial charge in [-0.3, -0.25) is 4.79 Å². The van der Waals surface area contributed by atoms with Crippen molar-refractivity contribution < 1.29 is 4.79 Å². The zero-order valence-corrected chi connectivity index (χ0v) is 19.2. The Balaban J connectivity index is 0.00000134. The Bertz CT molecular complexity index is 617. The highest BCUT2D eigenvalue weighted by atomic mass is 127. The minimum atomic E-state index is 0.0693. The Morgan fingerprint density at radius 1 is 1.20 bits per heavy atom. The largest absolute Gasteiger partial charge is 0.308 e. The molecular formula is C21H30INOS. The van der Waals surface area contributed by atoms with Crippen molar-refractivity contribution in [3.05, 3.63) is 62.6 Å². The molecular weight excluding hydrogens is 441 g/mol. The number of nitrogens with zero attached hydrogens (tertiary/aromatic N) is 1. The third-order valence-electron chi connectivity index (χ3n) is 3.52. The van der Waals surface area contributed by atoms with Gasteiger partial charge < -0.3 is 4.90 Å². The summed E-state index contributed by atoms with van der Waals surface area (Å²) in [7, 11) is 0. The molecule has 0 bridgehead atoms. The predicted octanol–water partition coefficient (Wildman–Crippen LogP) is 6.83. The third-order valence-corrected chi connectivity index (χ3v) is 5.05. The molecule has 1 aliphatic heterocycles. The molecule has 1 heterocycles. The van der Waals surface area contributed by atoms with E-state index in [0.29, 0.717) is 0 Å². The Labute approximate surface area is 171 Å². The number of piperidine rings is 1. The number of rotatable bonds is 3. The lowest BCUT2D eigenvalue weighted by Crippen LogP contribution is -2.38. The molecule has 2 rings (SSSR count). The molecule has 1 amide bonds. The molecule has 0 unspecified atom stereocenters. The van der Waals surface area contributed by atoms with Gasteiger partial charge in [-0.2, -0.15) is 0 Å². The number of carbonyl (C=O) groups excluding carboxylic acids is 1. The first-order chi connectivity index (χ1) is 12.1. The lowest BCUT2D eigenvalue weighted by molar-refractivity contribution is -0.115. The second kappa shape index (κ2) is 13.2. The molecule has 1 aromatic rings. The van der Waals surface area contributed by atoms with Crippen LogP contribution in [0.15, 0.2) is 59.0 Å². The van der Waals surface area contributed by atoms with Gasteiger partial charge in [0.15, 0.2) is 0 Å². The maximum atomic E-state index is 12.9. The average Bonchev–Trinajstić information content (AvgIpc) is 2.68. The summed E-state index contributed by atoms with van der Waals surface area (Å²) < 4.78 is 1.17. The molecule has 0 N–H and O–H groups in total. The molecule has 0 saturated carbocycles. The smallest absolute Gasteiger partial charge is 0.259 e. The van der Waals surface area contributed by atoms with Crippen LogP contribution in [0.4, 0.5) is 5.69 Å². The fourth-order valence-electron chi connectivity index (χ4n) is 2.44. The first-order valence-corrected chi connectivity index (χ1v) is 11.1. The van der Waals surface area contributed by atoms with Crippen molar-refractivity contribution in [2.45, 2.75) is 41.0 Å². The van der Waals surface area contributed by atoms with E-state index in [0.717, 1.165) is 34.7 Å². The van der Waals surface area contributed by atoms with Crippen LogP contribution in [-0.4, -0.2) is 18.7 Å². The third kappa shape index (κ3) is 6.33. The number of allylic oxidation sites excluding steroid dienone is 2. The van der Waals surface area contributed by atoms with Gasteiger partial charge in [-0.25, -0.2) is 0 Å². The van der Waals surface area contributed by atoms with E-state index in [-0.39, 0.29) is 5.91 Å². The highest BCUT2D eigenvalue weighted by Crippen LogP contribution is 2.33. The summed E-state index contributed by atoms with van der Waals surface area (Å²) in [4.78, 5) is 15.7. The van der Waals surface area contributed by atoms with E-state index in [9.17, 15) is 4.79 Å². The molecule has 2 nitrogen and oxygen atoms in total. The van der Waals surface area contributed by atoms with Gasteiger partial charge in [0.1, 0.15) is 0 Å². The summed E-state index contributed by atoms with van der Waals surface area (Å²) in [6, 6.07) is 8.07. The molecule has 1 fully saturated rings. The molecule has 0 aliphatic carbocycles. The number of thioether (sulfide) groups is 1. The van der Waals surface area contributed by atoms with Crippen molar-refractivity contribution >= 4 is 45.9 Å². The summed E-state index contributed by atoms with van der Waals surface area (Å²) in [6.45, 7) is 14.6. The first-order valence-electron chi connectivity index (χ1n) is 8.76. The first kappa shape index (κ1) is 24.0. The van der Waals surface area contributed by atoms with E-state index in [4.69, 9.17) is 0 Å². The molecule has 1 aromatic carbocycles. The Kier molecular flexibility index (Phi) is 12.7. The van der Waals surface area contributed by atoms with Crippen molar-refractivity contribution in [2.24, 2.45) is 0 Å². The highest BCUT2D eigenvalue weighted by molar-refractivity contribution is 14.1. The standard InChI is InChI=1S/C17H18INOS.2C2H6/c1-4-12-10-11-19(14-8-6-13(18)7-9-14)17(20)16(12)15(5-2)21-3;2*1-2/h4-9H,2,10-11H2,1,3H3;2*1-2H3/b12-4-,16-15-;;. The zero-order chi connectivity index (χ0) is 19.4. The lowest BCUT2D eigenvalue weighted by Gasteiger charge is -2.31. The van der Waals surface area contributed by atoms with Crippen LogP contribution in [0.5, 0.6) is 0 Å². The quantitative estimate of drug-likeness (QED) is 0.356. The Morgan fingerprint density at radius 2 is 1.76 bits per heavy atom. The van der Waals surface area contributed by atoms with Crippen LogP contribution in [0, 0.1) is 3.57 Å². The number of carbonyl (C=O) groups is 1. The summed E-state index contributed by atoms with van der Waals surface area (Å²) >= 11 is 3.84. The molecule has 1 saturated heterocycles. The SMILES string of the molecule is C=C/C(SC)=C1/C(=O)N(c2ccc(I)cc2)CC/C1=C/C.CC.CC. The molecule has 1 aliphatic rings. The van der Waals surface area contributed by atoms with E-state index >= 15 is 0 Å². The fraction of sp³-hybridized carbons (Fsp3) is 0.381. The van der Waals surface area contributed by atoms with Gasteiger partial charge in [0.25, 0.3) is 5.91 Å². The number of halogens is 1. The van der Waals surface area contributed by atoms with Gasteiger partial charge in [0.05, 0.1) is 5.57 Å². The van der Waals surface area contributed by atoms with E-state index in [1.54, 1.807) is 17.8 Å². The van der Waals surface area contributed by atoms with Crippen molar-refractivity contribution in [2.75, 3.05) is 17.7 Å². The molecule has 25 heavy (non-hydrogen) atoms. The van der Waals surface area contributed by atoms with Crippen molar-refractivity contribution in [1.82, 2.24) is 0 Å². The second-order valence-corrected chi connectivity index (χ2v) is 6.74. The monoisotopic (exact) mass is 471 g/mol. The molecule has 0 spiro atoms. The van der Waals surface area contributed by atoms with Gasteiger partial charge in [0, 0.05) is 20.7 Å². The van der Waals surface area contributed by atoms with Crippen LogP contribution in [0.3, 0.4) is 0 Å². The van der Waals surface area contributed by atoms with Crippen LogP contribution in [0.2, 0.25) is 0 Å². The number of anilines is 1. The molecule has 0 atom stereocenters. The van der Waals surface area contributed by atoms with Crippen molar-refractivity contribution in [3.8, 4) is 0 Å². The molecule has 0 aromatic heterocycles. The van der Waals surface area contributed by atoms with Crippen LogP contribution >= 0.6 is 34.4 Å². The predicted molar refractivity (Wildman–Crippen MR) is 123 cm³/mol. The Hall–Kier alpha value is -1.01. The maximum Gasteiger partial charge on any atom is 0.259 e. The van der Waals surface area contributed by atoms with E-state index < -0.39 is 0 Å². The van der Waals surface area contributed by atoms with Gasteiger partial charge in [0.2, 0.25) is 0 Å². The van der Waals surface area contributed by atoms with Crippen LogP contribution in [-0.2, 0) is 4.79 Å². The normalized spacial score (nSPS) is 17.2. The Morgan fingerprint density at radius 3 is 2.20 bits per heavy atom. The average molecular weight is 471 g/mol. The fourth-order valence-corrected chi connectivity index (χ4v) is 3.39. The summed E-state index contributed by atoms with van der Waals surface area (Å²) in [6.07, 6.45) is 6.67. The second-order valence-electron chi connectivity index (χ2n) is 4.64. The van der Waals surface area contributed by atoms with Crippen LogP contribution < -0.4 is 4.90 Å². The number of hydrogen-bond acceptors (Lipinski definition) is 2. The minimum absolute atomic E-state index is 0.0693. The maximum absolute atomic E-state index is 12.9. The van der Waals surface area contributed by atoms with Gasteiger partial charge in [-0.1, -0.05) is 46.4 Å². The number of hydrogen-bond donors (Lipinski definition) is 0. The van der Waals surface area contributed by atoms with Gasteiger partial charge in [-0.15, -0.1) is 11.8 Å².